The van der Waals surface area contributed by atoms with Crippen molar-refractivity contribution < 1.29 is 19.1 Å². The van der Waals surface area contributed by atoms with Crippen LogP contribution in [-0.4, -0.2) is 48.7 Å². The van der Waals surface area contributed by atoms with E-state index < -0.39 is 5.60 Å². The van der Waals surface area contributed by atoms with Crippen LogP contribution < -0.4 is 10.1 Å². The van der Waals surface area contributed by atoms with Crippen LogP contribution in [0.1, 0.15) is 46.5 Å². The van der Waals surface area contributed by atoms with Gasteiger partial charge in [0.15, 0.2) is 0 Å². The van der Waals surface area contributed by atoms with Gasteiger partial charge in [-0.1, -0.05) is 18.2 Å². The maximum absolute atomic E-state index is 12.3. The van der Waals surface area contributed by atoms with Crippen LogP contribution >= 0.6 is 0 Å². The Balaban J connectivity index is 1.58. The van der Waals surface area contributed by atoms with Crippen LogP contribution in [0.2, 0.25) is 0 Å². The third-order valence-corrected chi connectivity index (χ3v) is 4.45. The molecule has 0 unspecified atom stereocenters. The molecule has 0 radical (unpaired) electrons. The Morgan fingerprint density at radius 3 is 2.44 bits per heavy atom. The van der Waals surface area contributed by atoms with Crippen molar-refractivity contribution in [1.29, 1.82) is 0 Å². The fourth-order valence-electron chi connectivity index (χ4n) is 3.02. The second kappa shape index (κ2) is 10.2. The highest BCUT2D eigenvalue weighted by Gasteiger charge is 2.23. The Morgan fingerprint density at radius 2 is 1.81 bits per heavy atom. The Hall–Kier alpha value is -2.24. The Bertz CT molecular complexity index is 590. The molecular weight excluding hydrogens is 344 g/mol. The van der Waals surface area contributed by atoms with Gasteiger partial charge in [0.25, 0.3) is 0 Å². The molecule has 0 saturated carbocycles. The van der Waals surface area contributed by atoms with Gasteiger partial charge in [0, 0.05) is 26.1 Å². The van der Waals surface area contributed by atoms with Gasteiger partial charge in [0.05, 0.1) is 6.61 Å². The largest absolute Gasteiger partial charge is 0.494 e. The van der Waals surface area contributed by atoms with Gasteiger partial charge in [-0.25, -0.2) is 4.79 Å². The molecule has 1 aliphatic heterocycles. The number of hydrogen-bond donors (Lipinski definition) is 1. The minimum absolute atomic E-state index is 0.185. The Kier molecular flexibility index (Phi) is 7.95. The van der Waals surface area contributed by atoms with E-state index in [1.54, 1.807) is 0 Å². The quantitative estimate of drug-likeness (QED) is 0.738. The number of alkyl carbamates (subject to hydrolysis) is 1. The first-order valence-corrected chi connectivity index (χ1v) is 9.76. The molecule has 2 rings (SSSR count). The van der Waals surface area contributed by atoms with Crippen molar-refractivity contribution in [2.45, 2.75) is 52.1 Å². The maximum atomic E-state index is 12.3. The van der Waals surface area contributed by atoms with E-state index in [2.05, 4.69) is 5.32 Å². The average Bonchev–Trinajstić information content (AvgIpc) is 2.63. The number of nitrogens with one attached hydrogen (secondary N) is 1. The van der Waals surface area contributed by atoms with Crippen molar-refractivity contribution >= 4 is 12.0 Å². The van der Waals surface area contributed by atoms with Crippen LogP contribution in [0, 0.1) is 5.92 Å². The molecule has 0 atom stereocenters. The first-order chi connectivity index (χ1) is 12.8. The molecule has 6 nitrogen and oxygen atoms in total. The van der Waals surface area contributed by atoms with Crippen molar-refractivity contribution in [2.75, 3.05) is 26.2 Å². The van der Waals surface area contributed by atoms with Gasteiger partial charge < -0.3 is 19.7 Å². The maximum Gasteiger partial charge on any atom is 0.407 e. The summed E-state index contributed by atoms with van der Waals surface area (Å²) in [5.41, 5.74) is -0.482. The molecule has 0 spiro atoms. The lowest BCUT2D eigenvalue weighted by Gasteiger charge is -2.32. The molecule has 1 saturated heterocycles. The zero-order valence-electron chi connectivity index (χ0n) is 16.7. The topological polar surface area (TPSA) is 67.9 Å². The first-order valence-electron chi connectivity index (χ1n) is 9.76. The zero-order chi connectivity index (χ0) is 19.7. The number of carbonyl (C=O) groups excluding carboxylic acids is 2. The van der Waals surface area contributed by atoms with Gasteiger partial charge in [-0.15, -0.1) is 0 Å². The number of carbonyl (C=O) groups is 2. The predicted molar refractivity (Wildman–Crippen MR) is 105 cm³/mol. The molecule has 27 heavy (non-hydrogen) atoms. The molecule has 0 aliphatic carbocycles. The first kappa shape index (κ1) is 21.1. The van der Waals surface area contributed by atoms with E-state index in [9.17, 15) is 9.59 Å². The van der Waals surface area contributed by atoms with Crippen LogP contribution in [0.4, 0.5) is 4.79 Å². The lowest BCUT2D eigenvalue weighted by molar-refractivity contribution is -0.132. The van der Waals surface area contributed by atoms with E-state index in [0.717, 1.165) is 31.7 Å². The molecule has 1 aromatic carbocycles. The second-order valence-corrected chi connectivity index (χ2v) is 7.97. The van der Waals surface area contributed by atoms with Gasteiger partial charge >= 0.3 is 6.09 Å². The van der Waals surface area contributed by atoms with Gasteiger partial charge in [-0.2, -0.15) is 0 Å². The number of hydrogen-bond acceptors (Lipinski definition) is 4. The summed E-state index contributed by atoms with van der Waals surface area (Å²) in [6, 6.07) is 9.64. The van der Waals surface area contributed by atoms with Crippen LogP contribution in [0.5, 0.6) is 5.75 Å². The van der Waals surface area contributed by atoms with E-state index in [0.29, 0.717) is 31.9 Å². The highest BCUT2D eigenvalue weighted by molar-refractivity contribution is 5.76. The number of benzene rings is 1. The molecule has 6 heteroatoms. The van der Waals surface area contributed by atoms with Crippen molar-refractivity contribution in [3.05, 3.63) is 30.3 Å². The number of ether oxygens (including phenoxy) is 2. The minimum atomic E-state index is -0.482. The number of amides is 2. The molecule has 2 amide bonds. The smallest absolute Gasteiger partial charge is 0.407 e. The minimum Gasteiger partial charge on any atom is -0.494 e. The fraction of sp³-hybridized carbons (Fsp3) is 0.619. The summed E-state index contributed by atoms with van der Waals surface area (Å²) in [4.78, 5) is 26.0. The van der Waals surface area contributed by atoms with Crippen LogP contribution in [-0.2, 0) is 9.53 Å². The van der Waals surface area contributed by atoms with E-state index in [1.807, 2.05) is 56.0 Å². The number of para-hydroxylation sites is 1. The highest BCUT2D eigenvalue weighted by atomic mass is 16.6. The zero-order valence-corrected chi connectivity index (χ0v) is 16.7. The lowest BCUT2D eigenvalue weighted by Crippen LogP contribution is -2.42. The molecule has 1 N–H and O–H groups in total. The molecule has 0 bridgehead atoms. The molecule has 1 fully saturated rings. The lowest BCUT2D eigenvalue weighted by atomic mass is 9.96. The number of rotatable bonds is 7. The monoisotopic (exact) mass is 376 g/mol. The van der Waals surface area contributed by atoms with E-state index in [-0.39, 0.29) is 12.0 Å². The van der Waals surface area contributed by atoms with Gasteiger partial charge in [-0.05, 0) is 58.1 Å². The van der Waals surface area contributed by atoms with Gasteiger partial charge in [-0.3, -0.25) is 4.79 Å². The normalized spacial score (nSPS) is 15.3. The fourth-order valence-corrected chi connectivity index (χ4v) is 3.02. The number of nitrogens with zero attached hydrogens (tertiary/aromatic N) is 1. The summed E-state index contributed by atoms with van der Waals surface area (Å²) in [5.74, 6) is 1.41. The van der Waals surface area contributed by atoms with Crippen molar-refractivity contribution in [2.24, 2.45) is 5.92 Å². The summed E-state index contributed by atoms with van der Waals surface area (Å²) in [7, 11) is 0. The Labute approximate surface area is 162 Å². The summed E-state index contributed by atoms with van der Waals surface area (Å²) in [6.45, 7) is 8.19. The number of likely N-dealkylation sites (tertiary alicyclic amines) is 1. The summed E-state index contributed by atoms with van der Waals surface area (Å²) in [6.07, 6.45) is 2.66. The average molecular weight is 376 g/mol. The molecule has 0 aromatic heterocycles. The summed E-state index contributed by atoms with van der Waals surface area (Å²) >= 11 is 0. The van der Waals surface area contributed by atoms with E-state index in [1.165, 1.54) is 0 Å². The molecule has 150 valence electrons. The standard InChI is InChI=1S/C21H32N2O4/c1-21(2,3)27-20(25)22-16-17-11-13-23(14-12-17)19(24)10-7-15-26-18-8-5-4-6-9-18/h4-6,8-9,17H,7,10-16H2,1-3H3,(H,22,25). The predicted octanol–water partition coefficient (Wildman–Crippen LogP) is 3.61. The summed E-state index contributed by atoms with van der Waals surface area (Å²) in [5, 5.41) is 2.83. The van der Waals surface area contributed by atoms with Crippen molar-refractivity contribution in [3.8, 4) is 5.75 Å². The number of piperidine rings is 1. The van der Waals surface area contributed by atoms with E-state index in [4.69, 9.17) is 9.47 Å². The van der Waals surface area contributed by atoms with Crippen LogP contribution in [0.25, 0.3) is 0 Å². The molecular formula is C21H32N2O4. The molecule has 1 aliphatic rings. The second-order valence-electron chi connectivity index (χ2n) is 7.97. The van der Waals surface area contributed by atoms with Crippen molar-refractivity contribution in [3.63, 3.8) is 0 Å². The SMILES string of the molecule is CC(C)(C)OC(=O)NCC1CCN(C(=O)CCCOc2ccccc2)CC1. The van der Waals surface area contributed by atoms with Crippen molar-refractivity contribution in [1.82, 2.24) is 10.2 Å². The van der Waals surface area contributed by atoms with Gasteiger partial charge in [0.1, 0.15) is 11.4 Å². The molecule has 1 aromatic rings. The Morgan fingerprint density at radius 1 is 1.15 bits per heavy atom. The third kappa shape index (κ3) is 8.33. The summed E-state index contributed by atoms with van der Waals surface area (Å²) < 4.78 is 10.9. The third-order valence-electron chi connectivity index (χ3n) is 4.45. The molecule has 1 heterocycles. The van der Waals surface area contributed by atoms with Gasteiger partial charge in [0.2, 0.25) is 5.91 Å². The van der Waals surface area contributed by atoms with Crippen LogP contribution in [0.15, 0.2) is 30.3 Å². The van der Waals surface area contributed by atoms with E-state index >= 15 is 0 Å². The highest BCUT2D eigenvalue weighted by Crippen LogP contribution is 2.18. The van der Waals surface area contributed by atoms with Crippen LogP contribution in [0.3, 0.4) is 0 Å².